The van der Waals surface area contributed by atoms with Crippen LogP contribution in [0.5, 0.6) is 0 Å². The van der Waals surface area contributed by atoms with Crippen LogP contribution >= 0.6 is 46.4 Å². The highest BCUT2D eigenvalue weighted by atomic mass is 35.5. The summed E-state index contributed by atoms with van der Waals surface area (Å²) in [6.45, 7) is 0.898. The number of hydrogen-bond acceptors (Lipinski definition) is 2. The Morgan fingerprint density at radius 2 is 1.52 bits per heavy atom. The second-order valence-electron chi connectivity index (χ2n) is 6.34. The molecule has 0 aromatic carbocycles. The molecule has 0 unspecified atom stereocenters. The van der Waals surface area contributed by atoms with Gasteiger partial charge >= 0.3 is 0 Å². The second kappa shape index (κ2) is 3.85. The molecule has 5 rings (SSSR count). The molecule has 2 nitrogen and oxygen atoms in total. The largest absolute Gasteiger partial charge is 0.344 e. The van der Waals surface area contributed by atoms with Gasteiger partial charge in [0.1, 0.15) is 9.75 Å². The van der Waals surface area contributed by atoms with E-state index in [0.717, 1.165) is 0 Å². The average Bonchev–Trinajstić information content (AvgIpc) is 3.02. The summed E-state index contributed by atoms with van der Waals surface area (Å²) in [5.41, 5.74) is 0. The van der Waals surface area contributed by atoms with Crippen LogP contribution in [0, 0.1) is 23.7 Å². The number of alkyl halides is 2. The van der Waals surface area contributed by atoms with Crippen LogP contribution in [0.2, 0.25) is 0 Å². The van der Waals surface area contributed by atoms with Gasteiger partial charge in [0.05, 0.1) is 23.3 Å². The van der Waals surface area contributed by atoms with E-state index in [1.54, 1.807) is 0 Å². The summed E-state index contributed by atoms with van der Waals surface area (Å²) in [5, 5.41) is 0.758. The molecule has 21 heavy (non-hydrogen) atoms. The minimum atomic E-state index is -1.17. The summed E-state index contributed by atoms with van der Waals surface area (Å²) in [6, 6.07) is 0. The Morgan fingerprint density at radius 3 is 2.14 bits per heavy atom. The van der Waals surface area contributed by atoms with Crippen molar-refractivity contribution in [3.05, 3.63) is 34.4 Å². The summed E-state index contributed by atoms with van der Waals surface area (Å²) >= 11 is 27.1. The first-order chi connectivity index (χ1) is 9.98. The Balaban J connectivity index is 1.81. The van der Waals surface area contributed by atoms with Gasteiger partial charge in [0.25, 0.3) is 0 Å². The van der Waals surface area contributed by atoms with Gasteiger partial charge < -0.3 is 9.47 Å². The highest BCUT2D eigenvalue weighted by molar-refractivity contribution is 6.52. The summed E-state index contributed by atoms with van der Waals surface area (Å²) in [5.74, 6) is -0.486. The van der Waals surface area contributed by atoms with E-state index in [4.69, 9.17) is 55.9 Å². The maximum Gasteiger partial charge on any atom is 0.218 e. The van der Waals surface area contributed by atoms with Crippen LogP contribution < -0.4 is 0 Å². The van der Waals surface area contributed by atoms with Gasteiger partial charge in [-0.3, -0.25) is 0 Å². The van der Waals surface area contributed by atoms with Crippen LogP contribution in [0.1, 0.15) is 0 Å². The Kier molecular flexibility index (Phi) is 2.52. The highest BCUT2D eigenvalue weighted by Gasteiger charge is 2.86. The standard InChI is InChI=1S/C15H12Cl4O2/c16-11-12(17)14(19)10-8-3-1-7(8)2-4-9(10)13(11,18)15(14)20-5-6-21-15/h1-4,7-10H,5-6H2/t7-,8+,9+,10+,13-,14-/m0/s1. The zero-order valence-corrected chi connectivity index (χ0v) is 13.9. The van der Waals surface area contributed by atoms with E-state index in [1.165, 1.54) is 0 Å². The molecular formula is C15H12Cl4O2. The molecule has 0 amide bonds. The molecule has 0 N–H and O–H groups in total. The van der Waals surface area contributed by atoms with E-state index in [2.05, 4.69) is 24.3 Å². The lowest BCUT2D eigenvalue weighted by molar-refractivity contribution is -0.173. The number of rotatable bonds is 0. The summed E-state index contributed by atoms with van der Waals surface area (Å²) < 4.78 is 12.0. The molecule has 112 valence electrons. The zero-order valence-electron chi connectivity index (χ0n) is 10.9. The van der Waals surface area contributed by atoms with E-state index in [-0.39, 0.29) is 11.8 Å². The van der Waals surface area contributed by atoms with Crippen LogP contribution in [-0.4, -0.2) is 28.7 Å². The highest BCUT2D eigenvalue weighted by Crippen LogP contribution is 2.77. The maximum atomic E-state index is 7.09. The van der Waals surface area contributed by atoms with Crippen molar-refractivity contribution in [2.75, 3.05) is 13.2 Å². The number of fused-ring (bicyclic) bond motifs is 5. The predicted octanol–water partition coefficient (Wildman–Crippen LogP) is 4.01. The molecular weight excluding hydrogens is 354 g/mol. The molecule has 0 radical (unpaired) electrons. The molecule has 1 heterocycles. The van der Waals surface area contributed by atoms with E-state index in [1.807, 2.05) is 0 Å². The van der Waals surface area contributed by atoms with Gasteiger partial charge in [0, 0.05) is 17.8 Å². The van der Waals surface area contributed by atoms with Gasteiger partial charge in [-0.15, -0.1) is 23.2 Å². The predicted molar refractivity (Wildman–Crippen MR) is 82.8 cm³/mol. The summed E-state index contributed by atoms with van der Waals surface area (Å²) in [7, 11) is 0. The van der Waals surface area contributed by atoms with Crippen molar-refractivity contribution in [3.63, 3.8) is 0 Å². The number of allylic oxidation sites excluding steroid dienone is 4. The van der Waals surface area contributed by atoms with Crippen molar-refractivity contribution in [3.8, 4) is 0 Å². The molecule has 1 saturated carbocycles. The topological polar surface area (TPSA) is 18.5 Å². The Morgan fingerprint density at radius 1 is 0.905 bits per heavy atom. The first kappa shape index (κ1) is 13.7. The fraction of sp³-hybridized carbons (Fsp3) is 0.600. The van der Waals surface area contributed by atoms with Crippen LogP contribution in [-0.2, 0) is 9.47 Å². The van der Waals surface area contributed by atoms with Crippen LogP contribution in [0.3, 0.4) is 0 Å². The number of hydrogen-bond donors (Lipinski definition) is 0. The third-order valence-electron chi connectivity index (χ3n) is 5.74. The minimum Gasteiger partial charge on any atom is -0.344 e. The van der Waals surface area contributed by atoms with Crippen molar-refractivity contribution >= 4 is 46.4 Å². The number of halogens is 4. The van der Waals surface area contributed by atoms with Crippen molar-refractivity contribution in [1.29, 1.82) is 0 Å². The average molecular weight is 366 g/mol. The van der Waals surface area contributed by atoms with Gasteiger partial charge in [0.2, 0.25) is 5.79 Å². The van der Waals surface area contributed by atoms with Gasteiger partial charge in [-0.05, 0) is 5.92 Å². The third kappa shape index (κ3) is 1.14. The molecule has 4 aliphatic carbocycles. The minimum absolute atomic E-state index is 0.0322. The molecule has 2 fully saturated rings. The van der Waals surface area contributed by atoms with Crippen LogP contribution in [0.15, 0.2) is 34.4 Å². The quantitative estimate of drug-likeness (QED) is 0.477. The molecule has 1 saturated heterocycles. The van der Waals surface area contributed by atoms with E-state index in [0.29, 0.717) is 35.1 Å². The van der Waals surface area contributed by atoms with Gasteiger partial charge in [-0.2, -0.15) is 0 Å². The van der Waals surface area contributed by atoms with E-state index < -0.39 is 15.5 Å². The van der Waals surface area contributed by atoms with Crippen molar-refractivity contribution in [2.45, 2.75) is 15.5 Å². The molecule has 6 atom stereocenters. The summed E-state index contributed by atoms with van der Waals surface area (Å²) in [4.78, 5) is -2.06. The SMILES string of the molecule is ClC1=C(Cl)[C@@]2(Cl)[C@@H]3C=C[C@@H]4C=C[C@H]4[C@H]3[C@@]1(Cl)C21OCCO1. The molecule has 1 aliphatic heterocycles. The van der Waals surface area contributed by atoms with Crippen LogP contribution in [0.4, 0.5) is 0 Å². The monoisotopic (exact) mass is 364 g/mol. The van der Waals surface area contributed by atoms with E-state index >= 15 is 0 Å². The molecule has 1 spiro atoms. The first-order valence-electron chi connectivity index (χ1n) is 7.07. The second-order valence-corrected chi connectivity index (χ2v) is 8.29. The Labute approximate surface area is 142 Å². The smallest absolute Gasteiger partial charge is 0.218 e. The van der Waals surface area contributed by atoms with Crippen LogP contribution in [0.25, 0.3) is 0 Å². The Bertz CT molecular complexity index is 636. The molecule has 2 bridgehead atoms. The lowest BCUT2D eigenvalue weighted by Crippen LogP contribution is -2.56. The van der Waals surface area contributed by atoms with Crippen molar-refractivity contribution in [1.82, 2.24) is 0 Å². The van der Waals surface area contributed by atoms with Gasteiger partial charge in [-0.25, -0.2) is 0 Å². The van der Waals surface area contributed by atoms with Gasteiger partial charge in [0.15, 0.2) is 0 Å². The molecule has 0 aromatic rings. The number of ether oxygens (including phenoxy) is 2. The fourth-order valence-corrected chi connectivity index (χ4v) is 7.00. The molecule has 0 aromatic heterocycles. The lowest BCUT2D eigenvalue weighted by Gasteiger charge is -2.46. The zero-order chi connectivity index (χ0) is 14.6. The maximum absolute atomic E-state index is 7.09. The van der Waals surface area contributed by atoms with E-state index in [9.17, 15) is 0 Å². The lowest BCUT2D eigenvalue weighted by atomic mass is 9.61. The molecule has 6 heteroatoms. The Hall–Kier alpha value is 0.300. The molecule has 5 aliphatic rings. The van der Waals surface area contributed by atoms with Crippen molar-refractivity contribution < 1.29 is 9.47 Å². The normalized spacial score (nSPS) is 55.0. The first-order valence-corrected chi connectivity index (χ1v) is 8.58. The third-order valence-corrected chi connectivity index (χ3v) is 8.39. The summed E-state index contributed by atoms with van der Waals surface area (Å²) in [6.07, 6.45) is 8.65. The van der Waals surface area contributed by atoms with Gasteiger partial charge in [-0.1, -0.05) is 47.5 Å². The fourth-order valence-electron chi connectivity index (χ4n) is 4.86. The van der Waals surface area contributed by atoms with Crippen molar-refractivity contribution in [2.24, 2.45) is 23.7 Å².